The van der Waals surface area contributed by atoms with Gasteiger partial charge in [0.1, 0.15) is 5.82 Å². The van der Waals surface area contributed by atoms with Gasteiger partial charge in [-0.05, 0) is 12.3 Å². The Morgan fingerprint density at radius 1 is 1.28 bits per heavy atom. The first kappa shape index (κ1) is 14.5. The number of nitrogens with two attached hydrogens (primary N) is 1. The van der Waals surface area contributed by atoms with E-state index in [1.54, 1.807) is 0 Å². The molecule has 0 aromatic carbocycles. The molecule has 0 radical (unpaired) electrons. The van der Waals surface area contributed by atoms with Crippen LogP contribution >= 0.6 is 0 Å². The van der Waals surface area contributed by atoms with Crippen molar-refractivity contribution >= 4 is 11.6 Å². The van der Waals surface area contributed by atoms with Crippen molar-refractivity contribution in [3.63, 3.8) is 0 Å². The number of halogens is 3. The minimum absolute atomic E-state index is 0.0166. The normalized spacial score (nSPS) is 14.4. The molecular formula is C11H17F3N4. The van der Waals surface area contributed by atoms with Crippen LogP contribution in [0.15, 0.2) is 6.20 Å². The van der Waals surface area contributed by atoms with E-state index in [0.29, 0.717) is 0 Å². The maximum Gasteiger partial charge on any atom is 0.437 e. The predicted molar refractivity (Wildman–Crippen MR) is 64.0 cm³/mol. The lowest BCUT2D eigenvalue weighted by Gasteiger charge is -2.28. The fraction of sp³-hybridized carbons (Fsp3) is 0.636. The van der Waals surface area contributed by atoms with Crippen molar-refractivity contribution in [1.82, 2.24) is 9.97 Å². The molecule has 0 unspecified atom stereocenters. The van der Waals surface area contributed by atoms with Crippen LogP contribution in [0, 0.1) is 5.41 Å². The van der Waals surface area contributed by atoms with E-state index < -0.39 is 17.7 Å². The van der Waals surface area contributed by atoms with Crippen molar-refractivity contribution < 1.29 is 13.2 Å². The molecule has 0 bridgehead atoms. The Kier molecular flexibility index (Phi) is 3.73. The molecule has 0 fully saturated rings. The summed E-state index contributed by atoms with van der Waals surface area (Å²) in [5.74, 6) is -0.378. The molecule has 0 saturated heterocycles. The van der Waals surface area contributed by atoms with E-state index >= 15 is 0 Å². The third kappa shape index (κ3) is 3.48. The molecule has 102 valence electrons. The number of aromatic nitrogens is 2. The van der Waals surface area contributed by atoms with Gasteiger partial charge in [-0.15, -0.1) is 0 Å². The number of hydrogen-bond donors (Lipinski definition) is 2. The molecule has 0 saturated carbocycles. The van der Waals surface area contributed by atoms with Gasteiger partial charge in [0, 0.05) is 6.04 Å². The van der Waals surface area contributed by atoms with Gasteiger partial charge >= 0.3 is 6.18 Å². The van der Waals surface area contributed by atoms with E-state index in [0.717, 1.165) is 6.20 Å². The molecule has 1 atom stereocenters. The Labute approximate surface area is 104 Å². The second-order valence-electron chi connectivity index (χ2n) is 5.22. The third-order valence-corrected chi connectivity index (χ3v) is 2.73. The molecule has 7 heteroatoms. The summed E-state index contributed by atoms with van der Waals surface area (Å²) in [5.41, 5.74) is 4.05. The lowest BCUT2D eigenvalue weighted by Crippen LogP contribution is -2.31. The number of anilines is 2. The van der Waals surface area contributed by atoms with Gasteiger partial charge in [0.15, 0.2) is 11.5 Å². The molecule has 18 heavy (non-hydrogen) atoms. The van der Waals surface area contributed by atoms with Crippen LogP contribution in [0.25, 0.3) is 0 Å². The summed E-state index contributed by atoms with van der Waals surface area (Å²) in [6.45, 7) is 7.93. The molecule has 0 aliphatic heterocycles. The quantitative estimate of drug-likeness (QED) is 0.860. The van der Waals surface area contributed by atoms with Crippen LogP contribution < -0.4 is 11.1 Å². The summed E-state index contributed by atoms with van der Waals surface area (Å²) in [5, 5.41) is 2.98. The molecule has 1 aromatic heterocycles. The Balaban J connectivity index is 2.93. The number of hydrogen-bond acceptors (Lipinski definition) is 4. The van der Waals surface area contributed by atoms with Crippen LogP contribution in [0.2, 0.25) is 0 Å². The van der Waals surface area contributed by atoms with E-state index in [-0.39, 0.29) is 17.3 Å². The highest BCUT2D eigenvalue weighted by molar-refractivity contribution is 5.45. The summed E-state index contributed by atoms with van der Waals surface area (Å²) >= 11 is 0. The maximum absolute atomic E-state index is 12.4. The molecular weight excluding hydrogens is 245 g/mol. The van der Waals surface area contributed by atoms with Gasteiger partial charge in [-0.1, -0.05) is 20.8 Å². The van der Waals surface area contributed by atoms with Gasteiger partial charge in [0.2, 0.25) is 0 Å². The highest BCUT2D eigenvalue weighted by atomic mass is 19.4. The van der Waals surface area contributed by atoms with Crippen LogP contribution in [0.4, 0.5) is 24.8 Å². The predicted octanol–water partition coefficient (Wildman–Crippen LogP) is 2.92. The molecule has 3 N–H and O–H groups in total. The van der Waals surface area contributed by atoms with Crippen molar-refractivity contribution in [2.45, 2.75) is 39.9 Å². The zero-order valence-electron chi connectivity index (χ0n) is 10.8. The zero-order valence-corrected chi connectivity index (χ0v) is 10.8. The van der Waals surface area contributed by atoms with E-state index in [1.165, 1.54) is 0 Å². The highest BCUT2D eigenvalue weighted by Gasteiger charge is 2.36. The van der Waals surface area contributed by atoms with E-state index in [9.17, 15) is 13.2 Å². The van der Waals surface area contributed by atoms with Gasteiger partial charge < -0.3 is 11.1 Å². The fourth-order valence-corrected chi connectivity index (χ4v) is 1.13. The Morgan fingerprint density at radius 2 is 1.83 bits per heavy atom. The number of rotatable bonds is 2. The van der Waals surface area contributed by atoms with Crippen LogP contribution in [0.1, 0.15) is 33.4 Å². The average molecular weight is 262 g/mol. The SMILES string of the molecule is C[C@@H](Nc1cnc(C(F)(F)F)c(N)n1)C(C)(C)C. The van der Waals surface area contributed by atoms with Gasteiger partial charge in [0.25, 0.3) is 0 Å². The van der Waals surface area contributed by atoms with E-state index in [4.69, 9.17) is 5.73 Å². The summed E-state index contributed by atoms with van der Waals surface area (Å²) in [4.78, 5) is 6.99. The molecule has 0 aliphatic carbocycles. The maximum atomic E-state index is 12.4. The first-order chi connectivity index (χ1) is 8.01. The molecule has 0 amide bonds. The Hall–Kier alpha value is -1.53. The van der Waals surface area contributed by atoms with Crippen molar-refractivity contribution in [1.29, 1.82) is 0 Å². The summed E-state index contributed by atoms with van der Waals surface area (Å²) in [6.07, 6.45) is -3.54. The molecule has 0 spiro atoms. The van der Waals surface area contributed by atoms with E-state index in [2.05, 4.69) is 15.3 Å². The standard InChI is InChI=1S/C11H17F3N4/c1-6(10(2,3)4)17-7-5-16-8(9(15)18-7)11(12,13)14/h5-6H,1-4H3,(H3,15,17,18)/t6-/m1/s1. The molecule has 1 heterocycles. The largest absolute Gasteiger partial charge is 0.437 e. The first-order valence-corrected chi connectivity index (χ1v) is 5.48. The van der Waals surface area contributed by atoms with E-state index in [1.807, 2.05) is 27.7 Å². The molecule has 1 rings (SSSR count). The van der Waals surface area contributed by atoms with Crippen molar-refractivity contribution in [2.75, 3.05) is 11.1 Å². The minimum atomic E-state index is -4.58. The lowest BCUT2D eigenvalue weighted by molar-refractivity contribution is -0.140. The van der Waals surface area contributed by atoms with Crippen molar-refractivity contribution in [3.05, 3.63) is 11.9 Å². The van der Waals surface area contributed by atoms with Crippen molar-refractivity contribution in [2.24, 2.45) is 5.41 Å². The number of nitrogens with zero attached hydrogens (tertiary/aromatic N) is 2. The number of alkyl halides is 3. The molecule has 1 aromatic rings. The number of nitrogens with one attached hydrogen (secondary N) is 1. The molecule has 4 nitrogen and oxygen atoms in total. The van der Waals surface area contributed by atoms with Gasteiger partial charge in [-0.25, -0.2) is 9.97 Å². The van der Waals surface area contributed by atoms with Crippen LogP contribution in [-0.4, -0.2) is 16.0 Å². The average Bonchev–Trinajstić information content (AvgIpc) is 2.13. The first-order valence-electron chi connectivity index (χ1n) is 5.48. The lowest BCUT2D eigenvalue weighted by atomic mass is 9.88. The summed E-state index contributed by atoms with van der Waals surface area (Å²) in [6, 6.07) is 0.0166. The van der Waals surface area contributed by atoms with Crippen LogP contribution in [-0.2, 0) is 6.18 Å². The van der Waals surface area contributed by atoms with Gasteiger partial charge in [0.05, 0.1) is 6.20 Å². The second kappa shape index (κ2) is 4.62. The van der Waals surface area contributed by atoms with Crippen LogP contribution in [0.5, 0.6) is 0 Å². The monoisotopic (exact) mass is 262 g/mol. The Bertz CT molecular complexity index is 423. The van der Waals surface area contributed by atoms with Gasteiger partial charge in [-0.2, -0.15) is 13.2 Å². The zero-order chi connectivity index (χ0) is 14.1. The minimum Gasteiger partial charge on any atom is -0.382 e. The topological polar surface area (TPSA) is 63.8 Å². The van der Waals surface area contributed by atoms with Gasteiger partial charge in [-0.3, -0.25) is 0 Å². The second-order valence-corrected chi connectivity index (χ2v) is 5.22. The Morgan fingerprint density at radius 3 is 2.22 bits per heavy atom. The smallest absolute Gasteiger partial charge is 0.382 e. The van der Waals surface area contributed by atoms with Crippen molar-refractivity contribution in [3.8, 4) is 0 Å². The third-order valence-electron chi connectivity index (χ3n) is 2.73. The summed E-state index contributed by atoms with van der Waals surface area (Å²) < 4.78 is 37.3. The van der Waals surface area contributed by atoms with Crippen LogP contribution in [0.3, 0.4) is 0 Å². The highest BCUT2D eigenvalue weighted by Crippen LogP contribution is 2.31. The number of nitrogen functional groups attached to an aromatic ring is 1. The molecule has 0 aliphatic rings. The summed E-state index contributed by atoms with van der Waals surface area (Å²) in [7, 11) is 0. The fourth-order valence-electron chi connectivity index (χ4n) is 1.13.